The average Bonchev–Trinajstić information content (AvgIpc) is 2.69. The molecule has 20 heavy (non-hydrogen) atoms. The van der Waals surface area contributed by atoms with Crippen molar-refractivity contribution in [2.45, 2.75) is 0 Å². The van der Waals surface area contributed by atoms with Gasteiger partial charge in [0.2, 0.25) is 0 Å². The molecule has 104 valence electrons. The highest BCUT2D eigenvalue weighted by Gasteiger charge is 2.15. The highest BCUT2D eigenvalue weighted by molar-refractivity contribution is 9.13. The predicted octanol–water partition coefficient (Wildman–Crippen LogP) is 5.09. The lowest BCUT2D eigenvalue weighted by atomic mass is 10.2. The number of carbonyl (C=O) groups is 1. The van der Waals surface area contributed by atoms with Gasteiger partial charge in [-0.1, -0.05) is 11.6 Å². The van der Waals surface area contributed by atoms with Crippen molar-refractivity contribution < 1.29 is 9.72 Å². The first kappa shape index (κ1) is 15.4. The summed E-state index contributed by atoms with van der Waals surface area (Å²) in [6, 6.07) is 5.70. The van der Waals surface area contributed by atoms with Crippen molar-refractivity contribution in [2.75, 3.05) is 5.32 Å². The molecule has 0 aliphatic carbocycles. The van der Waals surface area contributed by atoms with Crippen LogP contribution in [0.4, 0.5) is 11.4 Å². The van der Waals surface area contributed by atoms with Gasteiger partial charge in [-0.2, -0.15) is 0 Å². The van der Waals surface area contributed by atoms with Crippen LogP contribution in [0.2, 0.25) is 5.02 Å². The molecule has 5 nitrogen and oxygen atoms in total. The zero-order chi connectivity index (χ0) is 14.9. The monoisotopic (exact) mass is 438 g/mol. The molecule has 9 heteroatoms. The molecular formula is C11H5Br2ClN2O3S. The summed E-state index contributed by atoms with van der Waals surface area (Å²) in [5, 5.41) is 13.2. The van der Waals surface area contributed by atoms with E-state index in [4.69, 9.17) is 11.6 Å². The summed E-state index contributed by atoms with van der Waals surface area (Å²) in [5.41, 5.74) is 0.192. The molecule has 0 unspecified atom stereocenters. The molecule has 0 atom stereocenters. The first-order valence-corrected chi connectivity index (χ1v) is 7.86. The maximum Gasteiger partial charge on any atom is 0.288 e. The van der Waals surface area contributed by atoms with E-state index < -0.39 is 4.92 Å². The number of thiophene rings is 1. The minimum absolute atomic E-state index is 0.0265. The number of nitrogens with one attached hydrogen (secondary N) is 1. The van der Waals surface area contributed by atoms with Gasteiger partial charge in [-0.15, -0.1) is 11.3 Å². The molecular weight excluding hydrogens is 435 g/mol. The SMILES string of the molecule is O=C(Nc1ccc([N+](=O)[O-])c(Cl)c1)c1cc(Br)c(Br)s1. The normalized spacial score (nSPS) is 10.3. The molecule has 0 spiro atoms. The number of anilines is 1. The molecule has 0 saturated heterocycles. The van der Waals surface area contributed by atoms with Crippen LogP contribution >= 0.6 is 54.8 Å². The third kappa shape index (κ3) is 3.38. The third-order valence-electron chi connectivity index (χ3n) is 2.27. The third-order valence-corrected chi connectivity index (χ3v) is 5.83. The Morgan fingerprint density at radius 1 is 1.35 bits per heavy atom. The molecule has 1 N–H and O–H groups in total. The van der Waals surface area contributed by atoms with Crippen molar-refractivity contribution in [2.24, 2.45) is 0 Å². The summed E-state index contributed by atoms with van der Waals surface area (Å²) in [7, 11) is 0. The summed E-state index contributed by atoms with van der Waals surface area (Å²) in [5.74, 6) is -0.314. The van der Waals surface area contributed by atoms with Gasteiger partial charge in [0.25, 0.3) is 11.6 Å². The predicted molar refractivity (Wildman–Crippen MR) is 85.8 cm³/mol. The number of halogens is 3. The number of nitrogens with zero attached hydrogens (tertiary/aromatic N) is 1. The molecule has 0 radical (unpaired) electrons. The molecule has 1 amide bonds. The molecule has 1 aromatic heterocycles. The van der Waals surface area contributed by atoms with Gasteiger partial charge in [-0.3, -0.25) is 14.9 Å². The Morgan fingerprint density at radius 2 is 2.05 bits per heavy atom. The molecule has 0 fully saturated rings. The molecule has 2 rings (SSSR count). The highest BCUT2D eigenvalue weighted by Crippen LogP contribution is 2.33. The van der Waals surface area contributed by atoms with E-state index in [0.717, 1.165) is 8.26 Å². The van der Waals surface area contributed by atoms with Crippen LogP contribution in [0, 0.1) is 10.1 Å². The molecule has 1 aromatic carbocycles. The van der Waals surface area contributed by atoms with E-state index >= 15 is 0 Å². The van der Waals surface area contributed by atoms with Gasteiger partial charge in [0, 0.05) is 16.2 Å². The lowest BCUT2D eigenvalue weighted by Gasteiger charge is -2.04. The van der Waals surface area contributed by atoms with Crippen molar-refractivity contribution in [3.63, 3.8) is 0 Å². The first-order valence-electron chi connectivity index (χ1n) is 5.08. The van der Waals surface area contributed by atoms with E-state index in [1.54, 1.807) is 6.07 Å². The van der Waals surface area contributed by atoms with Crippen molar-refractivity contribution in [3.8, 4) is 0 Å². The van der Waals surface area contributed by atoms with Crippen molar-refractivity contribution in [1.29, 1.82) is 0 Å². The van der Waals surface area contributed by atoms with E-state index in [2.05, 4.69) is 37.2 Å². The van der Waals surface area contributed by atoms with Crippen LogP contribution < -0.4 is 5.32 Å². The maximum atomic E-state index is 12.0. The number of hydrogen-bond donors (Lipinski definition) is 1. The van der Waals surface area contributed by atoms with E-state index in [-0.39, 0.29) is 16.6 Å². The second-order valence-electron chi connectivity index (χ2n) is 3.61. The highest BCUT2D eigenvalue weighted by atomic mass is 79.9. The fourth-order valence-electron chi connectivity index (χ4n) is 1.38. The quantitative estimate of drug-likeness (QED) is 0.534. The Bertz CT molecular complexity index is 685. The number of benzene rings is 1. The summed E-state index contributed by atoms with van der Waals surface area (Å²) in [4.78, 5) is 22.5. The van der Waals surface area contributed by atoms with E-state index in [1.807, 2.05) is 0 Å². The van der Waals surface area contributed by atoms with Gasteiger partial charge in [0.15, 0.2) is 0 Å². The van der Waals surface area contributed by atoms with Crippen LogP contribution in [0.1, 0.15) is 9.67 Å². The van der Waals surface area contributed by atoms with Crippen LogP contribution in [0.25, 0.3) is 0 Å². The number of amides is 1. The first-order chi connectivity index (χ1) is 9.38. The van der Waals surface area contributed by atoms with Crippen molar-refractivity contribution in [1.82, 2.24) is 0 Å². The summed E-state index contributed by atoms with van der Waals surface area (Å²) >= 11 is 13.6. The lowest BCUT2D eigenvalue weighted by Crippen LogP contribution is -2.10. The van der Waals surface area contributed by atoms with Gasteiger partial charge in [-0.25, -0.2) is 0 Å². The minimum Gasteiger partial charge on any atom is -0.321 e. The van der Waals surface area contributed by atoms with E-state index in [9.17, 15) is 14.9 Å². The number of rotatable bonds is 3. The molecule has 2 aromatic rings. The Balaban J connectivity index is 2.20. The molecule has 0 bridgehead atoms. The number of nitro benzene ring substituents is 1. The zero-order valence-electron chi connectivity index (χ0n) is 9.52. The standard InChI is InChI=1S/C11H5Br2ClN2O3S/c12-6-4-9(20-10(6)13)11(17)15-5-1-2-8(16(18)19)7(14)3-5/h1-4H,(H,15,17). The zero-order valence-corrected chi connectivity index (χ0v) is 14.3. The van der Waals surface area contributed by atoms with Gasteiger partial charge < -0.3 is 5.32 Å². The molecule has 0 aliphatic rings. The Morgan fingerprint density at radius 3 is 2.55 bits per heavy atom. The van der Waals surface area contributed by atoms with Gasteiger partial charge in [-0.05, 0) is 50.1 Å². The minimum atomic E-state index is -0.582. The van der Waals surface area contributed by atoms with Crippen LogP contribution in [-0.4, -0.2) is 10.8 Å². The Hall–Kier alpha value is -0.960. The number of carbonyl (C=O) groups excluding carboxylic acids is 1. The number of hydrogen-bond acceptors (Lipinski definition) is 4. The topological polar surface area (TPSA) is 72.2 Å². The fraction of sp³-hybridized carbons (Fsp3) is 0. The second kappa shape index (κ2) is 6.21. The van der Waals surface area contributed by atoms with Gasteiger partial charge in [0.1, 0.15) is 5.02 Å². The van der Waals surface area contributed by atoms with Gasteiger partial charge in [0.05, 0.1) is 13.6 Å². The summed E-state index contributed by atoms with van der Waals surface area (Å²) in [6.07, 6.45) is 0. The van der Waals surface area contributed by atoms with Gasteiger partial charge >= 0.3 is 0 Å². The van der Waals surface area contributed by atoms with Crippen LogP contribution in [0.3, 0.4) is 0 Å². The Kier molecular flexibility index (Phi) is 4.79. The van der Waals surface area contributed by atoms with Crippen LogP contribution in [0.15, 0.2) is 32.5 Å². The average molecular weight is 440 g/mol. The maximum absolute atomic E-state index is 12.0. The smallest absolute Gasteiger partial charge is 0.288 e. The summed E-state index contributed by atoms with van der Waals surface area (Å²) < 4.78 is 1.60. The lowest BCUT2D eigenvalue weighted by molar-refractivity contribution is -0.384. The van der Waals surface area contributed by atoms with E-state index in [1.165, 1.54) is 29.5 Å². The largest absolute Gasteiger partial charge is 0.321 e. The van der Waals surface area contributed by atoms with Crippen molar-refractivity contribution >= 4 is 72.1 Å². The van der Waals surface area contributed by atoms with Crippen molar-refractivity contribution in [3.05, 3.63) is 52.5 Å². The second-order valence-corrected chi connectivity index (χ2v) is 7.24. The molecule has 1 heterocycles. The molecule has 0 saturated carbocycles. The Labute approximate surface area is 139 Å². The fourth-order valence-corrected chi connectivity index (χ4v) is 3.56. The molecule has 0 aliphatic heterocycles. The van der Waals surface area contributed by atoms with Crippen LogP contribution in [0.5, 0.6) is 0 Å². The number of nitro groups is 1. The van der Waals surface area contributed by atoms with Crippen LogP contribution in [-0.2, 0) is 0 Å². The van der Waals surface area contributed by atoms with E-state index in [0.29, 0.717) is 10.6 Å². The summed E-state index contributed by atoms with van der Waals surface area (Å²) in [6.45, 7) is 0.